The highest BCUT2D eigenvalue weighted by molar-refractivity contribution is 7.99. The van der Waals surface area contributed by atoms with Gasteiger partial charge in [0.1, 0.15) is 0 Å². The maximum atomic E-state index is 13.0. The second kappa shape index (κ2) is 4.25. The average Bonchev–Trinajstić information content (AvgIpc) is 2.29. The van der Waals surface area contributed by atoms with E-state index in [1.54, 1.807) is 0 Å². The number of thioether (sulfide) groups is 1. The number of fused-ring (bicyclic) bond motifs is 1. The number of esters is 1. The molecule has 1 aliphatic rings. The molecule has 16 heavy (non-hydrogen) atoms. The van der Waals surface area contributed by atoms with Gasteiger partial charge in [0.05, 0.1) is 7.11 Å². The van der Waals surface area contributed by atoms with E-state index in [1.165, 1.54) is 24.9 Å². The average molecular weight is 242 g/mol. The van der Waals surface area contributed by atoms with Crippen LogP contribution in [0.2, 0.25) is 0 Å². The van der Waals surface area contributed by atoms with Gasteiger partial charge in [0, 0.05) is 16.2 Å². The predicted octanol–water partition coefficient (Wildman–Crippen LogP) is 2.63. The number of hydrogen-bond donors (Lipinski definition) is 0. The van der Waals surface area contributed by atoms with Crippen molar-refractivity contribution < 1.29 is 18.3 Å². The molecule has 0 fully saturated rings. The summed E-state index contributed by atoms with van der Waals surface area (Å²) >= 11 is 1.29. The van der Waals surface area contributed by atoms with Crippen molar-refractivity contribution in [3.8, 4) is 0 Å². The lowest BCUT2D eigenvalue weighted by molar-refractivity contribution is -0.135. The molecule has 0 aliphatic carbocycles. The van der Waals surface area contributed by atoms with Gasteiger partial charge < -0.3 is 4.74 Å². The second-order valence-electron chi connectivity index (χ2n) is 3.25. The summed E-state index contributed by atoms with van der Waals surface area (Å²) in [4.78, 5) is 11.9. The van der Waals surface area contributed by atoms with Crippen molar-refractivity contribution in [2.24, 2.45) is 0 Å². The SMILES string of the molecule is COC(=O)C1=Cc2cc(F)c(F)cc2SC1. The lowest BCUT2D eigenvalue weighted by atomic mass is 10.1. The minimum atomic E-state index is -0.915. The highest BCUT2D eigenvalue weighted by Gasteiger charge is 2.19. The van der Waals surface area contributed by atoms with Crippen molar-refractivity contribution in [2.45, 2.75) is 4.90 Å². The Bertz CT molecular complexity index is 483. The third-order valence-electron chi connectivity index (χ3n) is 2.21. The van der Waals surface area contributed by atoms with Crippen LogP contribution in [0.1, 0.15) is 5.56 Å². The summed E-state index contributed by atoms with van der Waals surface area (Å²) in [6.07, 6.45) is 1.53. The molecule has 0 saturated heterocycles. The molecule has 1 aliphatic heterocycles. The fourth-order valence-corrected chi connectivity index (χ4v) is 2.40. The first-order chi connectivity index (χ1) is 7.61. The molecule has 0 aromatic heterocycles. The molecule has 0 bridgehead atoms. The summed E-state index contributed by atoms with van der Waals surface area (Å²) in [5.41, 5.74) is 0.960. The van der Waals surface area contributed by atoms with E-state index in [0.29, 0.717) is 21.8 Å². The Kier molecular flexibility index (Phi) is 2.96. The molecule has 0 spiro atoms. The summed E-state index contributed by atoms with van der Waals surface area (Å²) in [7, 11) is 1.29. The van der Waals surface area contributed by atoms with E-state index < -0.39 is 17.6 Å². The van der Waals surface area contributed by atoms with Crippen LogP contribution in [0.3, 0.4) is 0 Å². The number of methoxy groups -OCH3 is 1. The zero-order valence-electron chi connectivity index (χ0n) is 8.42. The van der Waals surface area contributed by atoms with E-state index >= 15 is 0 Å². The van der Waals surface area contributed by atoms with E-state index in [9.17, 15) is 13.6 Å². The minimum absolute atomic E-state index is 0.407. The standard InChI is InChI=1S/C11H8F2O2S/c1-15-11(14)7-2-6-3-8(12)9(13)4-10(6)16-5-7/h2-4H,5H2,1H3. The van der Waals surface area contributed by atoms with Crippen LogP contribution < -0.4 is 0 Å². The van der Waals surface area contributed by atoms with Crippen molar-refractivity contribution in [1.82, 2.24) is 0 Å². The van der Waals surface area contributed by atoms with E-state index in [1.807, 2.05) is 0 Å². The van der Waals surface area contributed by atoms with Crippen LogP contribution in [0.15, 0.2) is 22.6 Å². The van der Waals surface area contributed by atoms with Crippen LogP contribution in [0, 0.1) is 11.6 Å². The van der Waals surface area contributed by atoms with Crippen LogP contribution in [-0.4, -0.2) is 18.8 Å². The Morgan fingerprint density at radius 3 is 2.75 bits per heavy atom. The van der Waals surface area contributed by atoms with Crippen LogP contribution in [0.5, 0.6) is 0 Å². The number of halogens is 2. The molecular weight excluding hydrogens is 234 g/mol. The third kappa shape index (κ3) is 1.95. The van der Waals surface area contributed by atoms with Crippen molar-refractivity contribution >= 4 is 23.8 Å². The van der Waals surface area contributed by atoms with Crippen LogP contribution in [-0.2, 0) is 9.53 Å². The van der Waals surface area contributed by atoms with Crippen molar-refractivity contribution in [1.29, 1.82) is 0 Å². The zero-order valence-corrected chi connectivity index (χ0v) is 9.24. The fourth-order valence-electron chi connectivity index (χ4n) is 1.42. The lowest BCUT2D eigenvalue weighted by Crippen LogP contribution is -2.09. The molecule has 0 radical (unpaired) electrons. The smallest absolute Gasteiger partial charge is 0.334 e. The maximum Gasteiger partial charge on any atom is 0.334 e. The summed E-state index contributed by atoms with van der Waals surface area (Å²) in [6.45, 7) is 0. The number of ether oxygens (including phenoxy) is 1. The first kappa shape index (κ1) is 11.1. The first-order valence-corrected chi connectivity index (χ1v) is 5.51. The van der Waals surface area contributed by atoms with Crippen molar-refractivity contribution in [3.63, 3.8) is 0 Å². The molecular formula is C11H8F2O2S. The maximum absolute atomic E-state index is 13.0. The lowest BCUT2D eigenvalue weighted by Gasteiger charge is -2.14. The molecule has 1 aromatic carbocycles. The number of rotatable bonds is 1. The molecule has 0 atom stereocenters. The highest BCUT2D eigenvalue weighted by Crippen LogP contribution is 2.33. The molecule has 84 valence electrons. The van der Waals surface area contributed by atoms with Crippen LogP contribution in [0.25, 0.3) is 6.08 Å². The van der Waals surface area contributed by atoms with E-state index in [-0.39, 0.29) is 0 Å². The monoisotopic (exact) mass is 242 g/mol. The van der Waals surface area contributed by atoms with Gasteiger partial charge in [0.25, 0.3) is 0 Å². The van der Waals surface area contributed by atoms with E-state index in [2.05, 4.69) is 4.74 Å². The molecule has 0 N–H and O–H groups in total. The van der Waals surface area contributed by atoms with Crippen LogP contribution >= 0.6 is 11.8 Å². The van der Waals surface area contributed by atoms with Crippen LogP contribution in [0.4, 0.5) is 8.78 Å². The number of benzene rings is 1. The Morgan fingerprint density at radius 1 is 1.38 bits per heavy atom. The van der Waals surface area contributed by atoms with E-state index in [4.69, 9.17) is 0 Å². The highest BCUT2D eigenvalue weighted by atomic mass is 32.2. The Morgan fingerprint density at radius 2 is 2.06 bits per heavy atom. The van der Waals surface area contributed by atoms with E-state index in [0.717, 1.165) is 12.1 Å². The molecule has 2 nitrogen and oxygen atoms in total. The van der Waals surface area contributed by atoms with Gasteiger partial charge in [0.15, 0.2) is 11.6 Å². The van der Waals surface area contributed by atoms with Gasteiger partial charge in [-0.25, -0.2) is 13.6 Å². The van der Waals surface area contributed by atoms with Crippen molar-refractivity contribution in [3.05, 3.63) is 34.9 Å². The molecule has 0 amide bonds. The summed E-state index contributed by atoms with van der Waals surface area (Å²) in [5.74, 6) is -1.82. The summed E-state index contributed by atoms with van der Waals surface area (Å²) < 4.78 is 30.5. The molecule has 0 unspecified atom stereocenters. The van der Waals surface area contributed by atoms with Gasteiger partial charge in [0.2, 0.25) is 0 Å². The third-order valence-corrected chi connectivity index (χ3v) is 3.33. The number of hydrogen-bond acceptors (Lipinski definition) is 3. The normalized spacial score (nSPS) is 14.1. The first-order valence-electron chi connectivity index (χ1n) is 4.52. The summed E-state index contributed by atoms with van der Waals surface area (Å²) in [6, 6.07) is 2.22. The fraction of sp³-hybridized carbons (Fsp3) is 0.182. The van der Waals surface area contributed by atoms with Gasteiger partial charge in [-0.2, -0.15) is 0 Å². The zero-order chi connectivity index (χ0) is 11.7. The quantitative estimate of drug-likeness (QED) is 0.708. The van der Waals surface area contributed by atoms with Gasteiger partial charge in [-0.3, -0.25) is 0 Å². The minimum Gasteiger partial charge on any atom is -0.466 e. The number of carbonyl (C=O) groups is 1. The molecule has 1 heterocycles. The van der Waals surface area contributed by atoms with Crippen molar-refractivity contribution in [2.75, 3.05) is 12.9 Å². The predicted molar refractivity (Wildman–Crippen MR) is 57.1 cm³/mol. The second-order valence-corrected chi connectivity index (χ2v) is 4.27. The summed E-state index contributed by atoms with van der Waals surface area (Å²) in [5, 5.41) is 0. The molecule has 5 heteroatoms. The van der Waals surface area contributed by atoms with Gasteiger partial charge >= 0.3 is 5.97 Å². The topological polar surface area (TPSA) is 26.3 Å². The number of carbonyl (C=O) groups excluding carboxylic acids is 1. The molecule has 2 rings (SSSR count). The largest absolute Gasteiger partial charge is 0.466 e. The van der Waals surface area contributed by atoms with Gasteiger partial charge in [-0.05, 0) is 23.8 Å². The van der Waals surface area contributed by atoms with Gasteiger partial charge in [-0.15, -0.1) is 11.8 Å². The molecule has 1 aromatic rings. The Hall–Kier alpha value is -1.36. The Balaban J connectivity index is 2.43. The molecule has 0 saturated carbocycles. The Labute approximate surface area is 95.3 Å². The van der Waals surface area contributed by atoms with Gasteiger partial charge in [-0.1, -0.05) is 0 Å².